The third-order valence-electron chi connectivity index (χ3n) is 4.15. The Balaban J connectivity index is 2.07. The molecule has 1 N–H and O–H groups in total. The first-order valence-corrected chi connectivity index (χ1v) is 8.85. The lowest BCUT2D eigenvalue weighted by Crippen LogP contribution is -2.32. The number of hydrogen-bond donors (Lipinski definition) is 1. The molecule has 2 aromatic rings. The van der Waals surface area contributed by atoms with Gasteiger partial charge < -0.3 is 10.1 Å². The number of amides is 1. The van der Waals surface area contributed by atoms with Crippen LogP contribution in [-0.2, 0) is 10.2 Å². The minimum atomic E-state index is -0.513. The van der Waals surface area contributed by atoms with Gasteiger partial charge in [-0.05, 0) is 66.6 Å². The van der Waals surface area contributed by atoms with Gasteiger partial charge >= 0.3 is 0 Å². The molecule has 0 aliphatic rings. The van der Waals surface area contributed by atoms with E-state index in [-0.39, 0.29) is 11.3 Å². The van der Waals surface area contributed by atoms with Gasteiger partial charge in [-0.25, -0.2) is 0 Å². The van der Waals surface area contributed by atoms with E-state index in [1.807, 2.05) is 45.0 Å². The fraction of sp³-hybridized carbons (Fsp3) is 0.409. The van der Waals surface area contributed by atoms with Gasteiger partial charge in [0.2, 0.25) is 0 Å². The van der Waals surface area contributed by atoms with E-state index in [2.05, 4.69) is 44.3 Å². The molecule has 2 aromatic carbocycles. The molecule has 0 saturated heterocycles. The van der Waals surface area contributed by atoms with Crippen LogP contribution >= 0.6 is 0 Å². The fourth-order valence-electron chi connectivity index (χ4n) is 2.79. The second-order valence-electron chi connectivity index (χ2n) is 7.65. The zero-order valence-corrected chi connectivity index (χ0v) is 16.1. The minimum absolute atomic E-state index is 0.100. The van der Waals surface area contributed by atoms with Crippen molar-refractivity contribution in [1.29, 1.82) is 0 Å². The van der Waals surface area contributed by atoms with Gasteiger partial charge in [-0.15, -0.1) is 0 Å². The highest BCUT2D eigenvalue weighted by Gasteiger charge is 2.19. The van der Waals surface area contributed by atoms with Crippen LogP contribution in [0.4, 0.5) is 5.69 Å². The van der Waals surface area contributed by atoms with E-state index in [4.69, 9.17) is 4.74 Å². The molecule has 3 heteroatoms. The Hall–Kier alpha value is -2.29. The van der Waals surface area contributed by atoms with Crippen molar-refractivity contribution in [3.8, 4) is 5.75 Å². The van der Waals surface area contributed by atoms with Crippen LogP contribution < -0.4 is 10.1 Å². The van der Waals surface area contributed by atoms with Crippen LogP contribution in [0.1, 0.15) is 50.8 Å². The summed E-state index contributed by atoms with van der Waals surface area (Å²) in [4.78, 5) is 12.6. The van der Waals surface area contributed by atoms with Crippen molar-refractivity contribution in [1.82, 2.24) is 0 Å². The maximum atomic E-state index is 12.6. The molecule has 0 aliphatic heterocycles. The number of hydrogen-bond acceptors (Lipinski definition) is 2. The SMILES string of the molecule is CC[C@H](Oc1ccc(C(C)(C)C)cc1)C(=O)Nc1cc(C)cc(C)c1. The maximum Gasteiger partial charge on any atom is 0.265 e. The molecule has 1 amide bonds. The standard InChI is InChI=1S/C22H29NO2/c1-7-20(21(24)23-18-13-15(2)12-16(3)14-18)25-19-10-8-17(9-11-19)22(4,5)6/h8-14,20H,7H2,1-6H3,(H,23,24)/t20-/m0/s1. The molecule has 0 aromatic heterocycles. The van der Waals surface area contributed by atoms with Crippen molar-refractivity contribution in [2.24, 2.45) is 0 Å². The number of aryl methyl sites for hydroxylation is 2. The van der Waals surface area contributed by atoms with Crippen LogP contribution in [0.15, 0.2) is 42.5 Å². The van der Waals surface area contributed by atoms with E-state index in [9.17, 15) is 4.79 Å². The number of carbonyl (C=O) groups is 1. The Labute approximate surface area is 151 Å². The zero-order chi connectivity index (χ0) is 18.6. The quantitative estimate of drug-likeness (QED) is 0.792. The highest BCUT2D eigenvalue weighted by molar-refractivity contribution is 5.94. The van der Waals surface area contributed by atoms with Crippen molar-refractivity contribution >= 4 is 11.6 Å². The Morgan fingerprint density at radius 1 is 1.04 bits per heavy atom. The van der Waals surface area contributed by atoms with E-state index in [0.29, 0.717) is 6.42 Å². The summed E-state index contributed by atoms with van der Waals surface area (Å²) >= 11 is 0. The fourth-order valence-corrected chi connectivity index (χ4v) is 2.79. The van der Waals surface area contributed by atoms with Gasteiger partial charge in [0, 0.05) is 5.69 Å². The maximum absolute atomic E-state index is 12.6. The Bertz CT molecular complexity index is 706. The lowest BCUT2D eigenvalue weighted by Gasteiger charge is -2.21. The first kappa shape index (κ1) is 19.0. The minimum Gasteiger partial charge on any atom is -0.481 e. The second kappa shape index (κ2) is 7.73. The van der Waals surface area contributed by atoms with Crippen LogP contribution in [-0.4, -0.2) is 12.0 Å². The third-order valence-corrected chi connectivity index (χ3v) is 4.15. The smallest absolute Gasteiger partial charge is 0.265 e. The molecule has 134 valence electrons. The molecule has 0 bridgehead atoms. The van der Waals surface area contributed by atoms with E-state index in [1.165, 1.54) is 5.56 Å². The van der Waals surface area contributed by atoms with Crippen molar-refractivity contribution in [2.45, 2.75) is 59.5 Å². The van der Waals surface area contributed by atoms with Crippen LogP contribution in [0.25, 0.3) is 0 Å². The summed E-state index contributed by atoms with van der Waals surface area (Å²) in [5, 5.41) is 2.97. The van der Waals surface area contributed by atoms with Gasteiger partial charge in [-0.2, -0.15) is 0 Å². The Morgan fingerprint density at radius 2 is 1.60 bits per heavy atom. The highest BCUT2D eigenvalue weighted by Crippen LogP contribution is 2.25. The van der Waals surface area contributed by atoms with Gasteiger partial charge in [0.05, 0.1) is 0 Å². The average molecular weight is 339 g/mol. The summed E-state index contributed by atoms with van der Waals surface area (Å²) in [5.74, 6) is 0.600. The largest absolute Gasteiger partial charge is 0.481 e. The average Bonchev–Trinajstić information content (AvgIpc) is 2.51. The highest BCUT2D eigenvalue weighted by atomic mass is 16.5. The predicted octanol–water partition coefficient (Wildman–Crippen LogP) is 5.40. The normalized spacial score (nSPS) is 12.6. The van der Waals surface area contributed by atoms with Crippen LogP contribution in [0.3, 0.4) is 0 Å². The molecule has 0 aliphatic carbocycles. The summed E-state index contributed by atoms with van der Waals surface area (Å²) in [6.07, 6.45) is 0.0961. The summed E-state index contributed by atoms with van der Waals surface area (Å²) < 4.78 is 5.91. The van der Waals surface area contributed by atoms with Gasteiger partial charge in [-0.3, -0.25) is 4.79 Å². The monoisotopic (exact) mass is 339 g/mol. The van der Waals surface area contributed by atoms with E-state index in [1.54, 1.807) is 0 Å². The van der Waals surface area contributed by atoms with Gasteiger partial charge in [0.1, 0.15) is 5.75 Å². The molecular weight excluding hydrogens is 310 g/mol. The van der Waals surface area contributed by atoms with Crippen molar-refractivity contribution in [3.63, 3.8) is 0 Å². The van der Waals surface area contributed by atoms with E-state index < -0.39 is 6.10 Å². The van der Waals surface area contributed by atoms with E-state index >= 15 is 0 Å². The zero-order valence-electron chi connectivity index (χ0n) is 16.1. The molecule has 0 heterocycles. The molecular formula is C22H29NO2. The molecule has 1 atom stereocenters. The molecule has 25 heavy (non-hydrogen) atoms. The molecule has 0 unspecified atom stereocenters. The molecule has 2 rings (SSSR count). The molecule has 0 spiro atoms. The summed E-state index contributed by atoms with van der Waals surface area (Å²) in [6, 6.07) is 14.0. The van der Waals surface area contributed by atoms with Crippen molar-refractivity contribution in [3.05, 3.63) is 59.2 Å². The van der Waals surface area contributed by atoms with E-state index in [0.717, 1.165) is 22.6 Å². The molecule has 0 fully saturated rings. The Kier molecular flexibility index (Phi) is 5.89. The van der Waals surface area contributed by atoms with Crippen LogP contribution in [0, 0.1) is 13.8 Å². The molecule has 0 saturated carbocycles. The van der Waals surface area contributed by atoms with Crippen LogP contribution in [0.2, 0.25) is 0 Å². The second-order valence-corrected chi connectivity index (χ2v) is 7.65. The summed E-state index contributed by atoms with van der Waals surface area (Å²) in [6.45, 7) is 12.5. The first-order chi connectivity index (χ1) is 11.7. The van der Waals surface area contributed by atoms with Crippen LogP contribution in [0.5, 0.6) is 5.75 Å². The predicted molar refractivity (Wildman–Crippen MR) is 104 cm³/mol. The van der Waals surface area contributed by atoms with Crippen molar-refractivity contribution < 1.29 is 9.53 Å². The summed E-state index contributed by atoms with van der Waals surface area (Å²) in [5.41, 5.74) is 4.41. The van der Waals surface area contributed by atoms with Gasteiger partial charge in [-0.1, -0.05) is 45.9 Å². The number of rotatable bonds is 5. The third kappa shape index (κ3) is 5.35. The molecule has 0 radical (unpaired) electrons. The number of carbonyl (C=O) groups excluding carboxylic acids is 1. The lowest BCUT2D eigenvalue weighted by molar-refractivity contribution is -0.122. The number of nitrogens with one attached hydrogen (secondary N) is 1. The molecule has 3 nitrogen and oxygen atoms in total. The Morgan fingerprint density at radius 3 is 2.08 bits per heavy atom. The lowest BCUT2D eigenvalue weighted by atomic mass is 9.87. The van der Waals surface area contributed by atoms with Gasteiger partial charge in [0.15, 0.2) is 6.10 Å². The number of benzene rings is 2. The first-order valence-electron chi connectivity index (χ1n) is 8.85. The van der Waals surface area contributed by atoms with Gasteiger partial charge in [0.25, 0.3) is 5.91 Å². The number of ether oxygens (including phenoxy) is 1. The number of anilines is 1. The summed E-state index contributed by atoms with van der Waals surface area (Å²) in [7, 11) is 0. The van der Waals surface area contributed by atoms with Crippen molar-refractivity contribution in [2.75, 3.05) is 5.32 Å². The topological polar surface area (TPSA) is 38.3 Å².